The molecule has 0 aromatic rings. The van der Waals surface area contributed by atoms with Gasteiger partial charge < -0.3 is 5.48 Å². The molecule has 0 aromatic heterocycles. The van der Waals surface area contributed by atoms with Crippen LogP contribution in [0.15, 0.2) is 0 Å². The number of rotatable bonds is 0. The summed E-state index contributed by atoms with van der Waals surface area (Å²) in [5, 5.41) is 0. The van der Waals surface area contributed by atoms with Crippen LogP contribution in [0.2, 0.25) is 0 Å². The molecule has 0 spiro atoms. The molecule has 0 amide bonds. The van der Waals surface area contributed by atoms with Crippen molar-refractivity contribution in [2.75, 3.05) is 0 Å². The van der Waals surface area contributed by atoms with E-state index in [2.05, 4.69) is 0 Å². The Morgan fingerprint density at radius 2 is 1.00 bits per heavy atom. The van der Waals surface area contributed by atoms with Crippen LogP contribution in [-0.2, 0) is 50.2 Å². The van der Waals surface area contributed by atoms with E-state index in [-0.39, 0.29) is 137 Å². The zero-order valence-electron chi connectivity index (χ0n) is 1.42. The van der Waals surface area contributed by atoms with Crippen LogP contribution in [0.3, 0.4) is 0 Å². The molecule has 0 aliphatic heterocycles. The molecule has 1 radical (unpaired) electrons. The van der Waals surface area contributed by atoms with Gasteiger partial charge >= 0.3 is 104 Å². The van der Waals surface area contributed by atoms with Crippen molar-refractivity contribution in [2.24, 2.45) is 0 Å². The summed E-state index contributed by atoms with van der Waals surface area (Å²) in [6.45, 7) is 0. The Labute approximate surface area is 133 Å². The van der Waals surface area contributed by atoms with Gasteiger partial charge in [-0.05, 0) is 0 Å². The van der Waals surface area contributed by atoms with Gasteiger partial charge in [-0.3, -0.25) is 0 Å². The van der Waals surface area contributed by atoms with Crippen molar-refractivity contribution in [2.45, 2.75) is 0 Å². The predicted octanol–water partition coefficient (Wildman–Crippen LogP) is -1.96. The average molecular weight is 462 g/mol. The van der Waals surface area contributed by atoms with Crippen LogP contribution in [0, 0.1) is 0 Å². The van der Waals surface area contributed by atoms with Crippen LogP contribution in [-0.4, -0.2) is 86.6 Å². The summed E-state index contributed by atoms with van der Waals surface area (Å²) < 4.78 is 0. The number of hydrogen-bond donors (Lipinski definition) is 0. The van der Waals surface area contributed by atoms with Crippen molar-refractivity contribution in [1.29, 1.82) is 0 Å². The first kappa shape index (κ1) is 34.9. The molecule has 0 saturated carbocycles. The molecular formula is H4BaCaCuHgO. The summed E-state index contributed by atoms with van der Waals surface area (Å²) in [6, 6.07) is 0. The van der Waals surface area contributed by atoms with Gasteiger partial charge in [-0.25, -0.2) is 0 Å². The van der Waals surface area contributed by atoms with Gasteiger partial charge in [0.15, 0.2) is 0 Å². The van der Waals surface area contributed by atoms with E-state index in [0.717, 1.165) is 0 Å². The van der Waals surface area contributed by atoms with E-state index in [4.69, 9.17) is 0 Å². The maximum Gasteiger partial charge on any atom is 2.00 e. The van der Waals surface area contributed by atoms with Crippen molar-refractivity contribution in [3.8, 4) is 0 Å². The van der Waals surface area contributed by atoms with E-state index in [1.54, 1.807) is 0 Å². The van der Waals surface area contributed by atoms with Crippen LogP contribution in [0.1, 0.15) is 0 Å². The van der Waals surface area contributed by atoms with Crippen LogP contribution in [0.5, 0.6) is 0 Å². The van der Waals surface area contributed by atoms with Gasteiger partial charge in [0.2, 0.25) is 0 Å². The molecule has 0 N–H and O–H groups in total. The van der Waals surface area contributed by atoms with Crippen LogP contribution >= 0.6 is 0 Å². The molecule has 0 rings (SSSR count). The summed E-state index contributed by atoms with van der Waals surface area (Å²) in [4.78, 5) is 0. The van der Waals surface area contributed by atoms with Crippen molar-refractivity contribution in [3.63, 3.8) is 0 Å². The molecule has 0 aliphatic carbocycles. The van der Waals surface area contributed by atoms with Gasteiger partial charge in [0, 0.05) is 27.7 Å². The zero-order chi connectivity index (χ0) is 0. The molecule has 27 valence electrons. The maximum absolute atomic E-state index is 0. The summed E-state index contributed by atoms with van der Waals surface area (Å²) in [5.41, 5.74) is 0. The van der Waals surface area contributed by atoms with E-state index >= 15 is 0 Å². The van der Waals surface area contributed by atoms with Gasteiger partial charge in [-0.1, -0.05) is 0 Å². The van der Waals surface area contributed by atoms with Crippen molar-refractivity contribution in [1.82, 2.24) is 0 Å². The minimum Gasteiger partial charge on any atom is -2.00 e. The van der Waals surface area contributed by atoms with Gasteiger partial charge in [0.25, 0.3) is 0 Å². The first-order valence-corrected chi connectivity index (χ1v) is 0. The van der Waals surface area contributed by atoms with Gasteiger partial charge in [-0.2, -0.15) is 0 Å². The fraction of sp³-hybridized carbons (Fsp3) is 0. The molecule has 0 aliphatic rings. The van der Waals surface area contributed by atoms with Gasteiger partial charge in [-0.15, -0.1) is 0 Å². The van der Waals surface area contributed by atoms with Gasteiger partial charge in [0.05, 0.1) is 0 Å². The molecule has 1 nitrogen and oxygen atoms in total. The van der Waals surface area contributed by atoms with Crippen molar-refractivity contribution < 1.29 is 50.2 Å². The second-order valence-corrected chi connectivity index (χ2v) is 0. The molecule has 0 atom stereocenters. The van der Waals surface area contributed by atoms with Crippen molar-refractivity contribution in [3.05, 3.63) is 0 Å². The molecule has 0 unspecified atom stereocenters. The first-order chi connectivity index (χ1) is 0. The Kier molecular flexibility index (Phi) is 167. The smallest absolute Gasteiger partial charge is 2.00 e. The fourth-order valence-corrected chi connectivity index (χ4v) is 0. The largest absolute Gasteiger partial charge is 2.00 e. The van der Waals surface area contributed by atoms with Gasteiger partial charge in [0.1, 0.15) is 0 Å². The quantitative estimate of drug-likeness (QED) is 0.375. The molecule has 0 saturated heterocycles. The molecular weight excluding hydrogens is 458 g/mol. The Hall–Kier alpha value is 4.25. The molecule has 0 fully saturated rings. The van der Waals surface area contributed by atoms with E-state index < -0.39 is 0 Å². The Morgan fingerprint density at radius 1 is 1.00 bits per heavy atom. The molecule has 5 heavy (non-hydrogen) atoms. The maximum atomic E-state index is 0. The summed E-state index contributed by atoms with van der Waals surface area (Å²) in [6.07, 6.45) is 0. The molecule has 0 heterocycles. The summed E-state index contributed by atoms with van der Waals surface area (Å²) in [5.74, 6) is 0. The van der Waals surface area contributed by atoms with E-state index in [9.17, 15) is 0 Å². The second-order valence-electron chi connectivity index (χ2n) is 0. The Balaban J connectivity index is 0. The fourth-order valence-electron chi connectivity index (χ4n) is 0. The molecule has 5 heteroatoms. The van der Waals surface area contributed by atoms with E-state index in [1.165, 1.54) is 0 Å². The molecule has 0 bridgehead atoms. The third kappa shape index (κ3) is 17.8. The summed E-state index contributed by atoms with van der Waals surface area (Å²) in [7, 11) is 0. The third-order valence-electron chi connectivity index (χ3n) is 0. The Bertz CT molecular complexity index is 11.6. The minimum absolute atomic E-state index is 0. The topological polar surface area (TPSA) is 28.5 Å². The number of hydrogen-bond acceptors (Lipinski definition) is 0. The predicted molar refractivity (Wildman–Crippen MR) is 17.8 cm³/mol. The van der Waals surface area contributed by atoms with Crippen LogP contribution < -0.4 is 0 Å². The minimum atomic E-state index is 0. The second kappa shape index (κ2) is 24.0. The van der Waals surface area contributed by atoms with E-state index in [1.807, 2.05) is 0 Å². The normalized spacial score (nSPS) is 0. The third-order valence-corrected chi connectivity index (χ3v) is 0. The Morgan fingerprint density at radius 3 is 1.00 bits per heavy atom. The van der Waals surface area contributed by atoms with Crippen LogP contribution in [0.4, 0.5) is 0 Å². The van der Waals surface area contributed by atoms with Crippen LogP contribution in [0.25, 0.3) is 0 Å². The standard InChI is InChI=1S/Ba.Ca.Cu.Hg.O.4H/q;;+2;;-2;;;;. The monoisotopic (exact) mass is 463 g/mol. The zero-order valence-corrected chi connectivity index (χ0v) is 7.86. The molecule has 0 aromatic carbocycles. The summed E-state index contributed by atoms with van der Waals surface area (Å²) >= 11 is 0. The first-order valence-electron chi connectivity index (χ1n) is 0. The average Bonchev–Trinajstić information content (AvgIpc) is 0. The van der Waals surface area contributed by atoms with Crippen molar-refractivity contribution >= 4 is 86.6 Å². The SMILES string of the molecule is [BaH2].[CaH2].[Cu+2].[Hg].[O-2]. The van der Waals surface area contributed by atoms with E-state index in [0.29, 0.717) is 0 Å².